The summed E-state index contributed by atoms with van der Waals surface area (Å²) in [6.07, 6.45) is 2.72. The molecule has 1 heterocycles. The molecule has 30 heavy (non-hydrogen) atoms. The fourth-order valence-corrected chi connectivity index (χ4v) is 4.27. The maximum atomic E-state index is 11.5. The average molecular weight is 432 g/mol. The van der Waals surface area contributed by atoms with E-state index in [1.54, 1.807) is 0 Å². The number of nitrogens with one attached hydrogen (secondary N) is 1. The second-order valence-corrected chi connectivity index (χ2v) is 9.45. The standard InChI is InChI=1S/C20H25N5O4S/c21-30(28,29)18-6-7-19(20(13-18)25(26)27)22-16-2-1-3-17(12-16)24-10-8-23(9-11-24)14-15-4-5-15/h1-3,6-7,12-13,15,22H,4-5,8-11,14H2,(H2,21,28,29). The van der Waals surface area contributed by atoms with Crippen molar-refractivity contribution in [1.82, 2.24) is 4.90 Å². The van der Waals surface area contributed by atoms with E-state index >= 15 is 0 Å². The lowest BCUT2D eigenvalue weighted by Gasteiger charge is -2.36. The van der Waals surface area contributed by atoms with Gasteiger partial charge in [-0.15, -0.1) is 0 Å². The van der Waals surface area contributed by atoms with Crippen LogP contribution in [0.15, 0.2) is 47.4 Å². The minimum Gasteiger partial charge on any atom is -0.369 e. The Morgan fingerprint density at radius 1 is 1.10 bits per heavy atom. The van der Waals surface area contributed by atoms with Gasteiger partial charge in [0, 0.05) is 50.2 Å². The predicted molar refractivity (Wildman–Crippen MR) is 116 cm³/mol. The van der Waals surface area contributed by atoms with E-state index in [0.29, 0.717) is 5.69 Å². The average Bonchev–Trinajstić information content (AvgIpc) is 3.52. The number of hydrogen-bond acceptors (Lipinski definition) is 7. The summed E-state index contributed by atoms with van der Waals surface area (Å²) in [6, 6.07) is 11.3. The van der Waals surface area contributed by atoms with E-state index in [1.807, 2.05) is 24.3 Å². The van der Waals surface area contributed by atoms with Gasteiger partial charge in [0.1, 0.15) is 5.69 Å². The van der Waals surface area contributed by atoms with Gasteiger partial charge in [-0.3, -0.25) is 15.0 Å². The monoisotopic (exact) mass is 431 g/mol. The molecule has 2 fully saturated rings. The highest BCUT2D eigenvalue weighted by Gasteiger charge is 2.26. The summed E-state index contributed by atoms with van der Waals surface area (Å²) in [5, 5.41) is 19.6. The number of sulfonamides is 1. The first kappa shape index (κ1) is 20.6. The van der Waals surface area contributed by atoms with Crippen LogP contribution in [0, 0.1) is 16.0 Å². The molecule has 1 aliphatic heterocycles. The second-order valence-electron chi connectivity index (χ2n) is 7.89. The zero-order valence-corrected chi connectivity index (χ0v) is 17.3. The third kappa shape index (κ3) is 4.89. The molecule has 160 valence electrons. The Bertz CT molecular complexity index is 1050. The van der Waals surface area contributed by atoms with Crippen molar-refractivity contribution in [2.75, 3.05) is 42.9 Å². The number of rotatable bonds is 7. The summed E-state index contributed by atoms with van der Waals surface area (Å²) >= 11 is 0. The third-order valence-corrected chi connectivity index (χ3v) is 6.48. The van der Waals surface area contributed by atoms with Crippen LogP contribution in [0.3, 0.4) is 0 Å². The van der Waals surface area contributed by atoms with Gasteiger partial charge < -0.3 is 10.2 Å². The topological polar surface area (TPSA) is 122 Å². The van der Waals surface area contributed by atoms with Gasteiger partial charge in [-0.25, -0.2) is 13.6 Å². The largest absolute Gasteiger partial charge is 0.369 e. The molecule has 2 aromatic carbocycles. The molecular weight excluding hydrogens is 406 g/mol. The quantitative estimate of drug-likeness (QED) is 0.510. The van der Waals surface area contributed by atoms with E-state index in [4.69, 9.17) is 5.14 Å². The van der Waals surface area contributed by atoms with E-state index in [9.17, 15) is 18.5 Å². The van der Waals surface area contributed by atoms with Gasteiger partial charge in [-0.1, -0.05) is 6.07 Å². The van der Waals surface area contributed by atoms with E-state index in [1.165, 1.54) is 31.5 Å². The number of nitrogens with two attached hydrogens (primary N) is 1. The Morgan fingerprint density at radius 3 is 2.47 bits per heavy atom. The predicted octanol–water partition coefficient (Wildman–Crippen LogP) is 2.52. The highest BCUT2D eigenvalue weighted by Crippen LogP contribution is 2.32. The Hall–Kier alpha value is -2.69. The first-order chi connectivity index (χ1) is 14.3. The zero-order chi connectivity index (χ0) is 21.3. The minimum atomic E-state index is -4.02. The van der Waals surface area contributed by atoms with Crippen LogP contribution < -0.4 is 15.4 Å². The van der Waals surface area contributed by atoms with Gasteiger partial charge in [0.25, 0.3) is 5.69 Å². The van der Waals surface area contributed by atoms with Gasteiger partial charge in [-0.05, 0) is 49.1 Å². The van der Waals surface area contributed by atoms with E-state index < -0.39 is 14.9 Å². The first-order valence-electron chi connectivity index (χ1n) is 9.95. The normalized spacial score (nSPS) is 17.7. The van der Waals surface area contributed by atoms with Gasteiger partial charge in [-0.2, -0.15) is 0 Å². The Balaban J connectivity index is 1.49. The molecule has 0 atom stereocenters. The molecule has 0 amide bonds. The van der Waals surface area contributed by atoms with Gasteiger partial charge in [0.05, 0.1) is 9.82 Å². The van der Waals surface area contributed by atoms with Gasteiger partial charge >= 0.3 is 0 Å². The number of nitrogens with zero attached hydrogens (tertiary/aromatic N) is 3. The summed E-state index contributed by atoms with van der Waals surface area (Å²) in [6.45, 7) is 5.16. The van der Waals surface area contributed by atoms with Crippen LogP contribution in [0.1, 0.15) is 12.8 Å². The number of primary sulfonamides is 1. The molecule has 0 aromatic heterocycles. The van der Waals surface area contributed by atoms with Crippen molar-refractivity contribution in [2.24, 2.45) is 11.1 Å². The van der Waals surface area contributed by atoms with E-state index in [-0.39, 0.29) is 16.3 Å². The highest BCUT2D eigenvalue weighted by molar-refractivity contribution is 7.89. The van der Waals surface area contributed by atoms with Crippen LogP contribution in [0.2, 0.25) is 0 Å². The molecule has 2 aliphatic rings. The van der Waals surface area contributed by atoms with Crippen molar-refractivity contribution < 1.29 is 13.3 Å². The van der Waals surface area contributed by atoms with Crippen LogP contribution in [-0.4, -0.2) is 51.0 Å². The number of nitro groups is 1. The number of piperazine rings is 1. The summed E-state index contributed by atoms with van der Waals surface area (Å²) < 4.78 is 23.0. The third-order valence-electron chi connectivity index (χ3n) is 5.57. The lowest BCUT2D eigenvalue weighted by Crippen LogP contribution is -2.47. The molecule has 1 saturated heterocycles. The Morgan fingerprint density at radius 2 is 1.83 bits per heavy atom. The van der Waals surface area contributed by atoms with Gasteiger partial charge in [0.15, 0.2) is 0 Å². The fraction of sp³-hybridized carbons (Fsp3) is 0.400. The lowest BCUT2D eigenvalue weighted by atomic mass is 10.2. The number of nitro benzene ring substituents is 1. The Labute approximate surface area is 175 Å². The first-order valence-corrected chi connectivity index (χ1v) is 11.5. The van der Waals surface area contributed by atoms with Crippen molar-refractivity contribution in [2.45, 2.75) is 17.7 Å². The van der Waals surface area contributed by atoms with Gasteiger partial charge in [0.2, 0.25) is 10.0 Å². The molecule has 10 heteroatoms. The van der Waals surface area contributed by atoms with E-state index in [0.717, 1.165) is 43.9 Å². The van der Waals surface area contributed by atoms with Crippen molar-refractivity contribution in [3.05, 3.63) is 52.6 Å². The molecule has 9 nitrogen and oxygen atoms in total. The highest BCUT2D eigenvalue weighted by atomic mass is 32.2. The zero-order valence-electron chi connectivity index (χ0n) is 16.5. The van der Waals surface area contributed by atoms with Crippen LogP contribution >= 0.6 is 0 Å². The van der Waals surface area contributed by atoms with Crippen LogP contribution in [0.4, 0.5) is 22.7 Å². The number of benzene rings is 2. The molecule has 4 rings (SSSR count). The lowest BCUT2D eigenvalue weighted by molar-refractivity contribution is -0.384. The molecule has 0 radical (unpaired) electrons. The molecular formula is C20H25N5O4S. The molecule has 0 unspecified atom stereocenters. The second kappa shape index (κ2) is 8.21. The van der Waals surface area contributed by atoms with Crippen LogP contribution in [0.25, 0.3) is 0 Å². The smallest absolute Gasteiger partial charge is 0.294 e. The van der Waals surface area contributed by atoms with Crippen LogP contribution in [0.5, 0.6) is 0 Å². The van der Waals surface area contributed by atoms with E-state index in [2.05, 4.69) is 15.1 Å². The molecule has 2 aromatic rings. The molecule has 1 saturated carbocycles. The maximum Gasteiger partial charge on any atom is 0.294 e. The number of anilines is 3. The summed E-state index contributed by atoms with van der Waals surface area (Å²) in [5.74, 6) is 0.889. The van der Waals surface area contributed by atoms with Crippen molar-refractivity contribution in [3.8, 4) is 0 Å². The molecule has 3 N–H and O–H groups in total. The summed E-state index contributed by atoms with van der Waals surface area (Å²) in [4.78, 5) is 15.3. The van der Waals surface area contributed by atoms with Crippen molar-refractivity contribution in [1.29, 1.82) is 0 Å². The minimum absolute atomic E-state index is 0.207. The van der Waals surface area contributed by atoms with Crippen molar-refractivity contribution >= 4 is 32.8 Å². The summed E-state index contributed by atoms with van der Waals surface area (Å²) in [7, 11) is -4.02. The molecule has 1 aliphatic carbocycles. The Kier molecular flexibility index (Phi) is 5.63. The fourth-order valence-electron chi connectivity index (χ4n) is 3.74. The van der Waals surface area contributed by atoms with Crippen molar-refractivity contribution in [3.63, 3.8) is 0 Å². The SMILES string of the molecule is NS(=O)(=O)c1ccc(Nc2cccc(N3CCN(CC4CC4)CC3)c2)c([N+](=O)[O-])c1. The molecule has 0 bridgehead atoms. The van der Waals surface area contributed by atoms with Crippen LogP contribution in [-0.2, 0) is 10.0 Å². The number of hydrogen-bond donors (Lipinski definition) is 2. The maximum absolute atomic E-state index is 11.5. The summed E-state index contributed by atoms with van der Waals surface area (Å²) in [5.41, 5.74) is 1.61. The molecule has 0 spiro atoms.